The average Bonchev–Trinajstić information content (AvgIpc) is 3.11. The summed E-state index contributed by atoms with van der Waals surface area (Å²) >= 11 is 4.95. The van der Waals surface area contributed by atoms with Crippen LogP contribution in [0.1, 0.15) is 10.4 Å². The van der Waals surface area contributed by atoms with Crippen LogP contribution in [-0.4, -0.2) is 20.1 Å². The molecule has 1 heterocycles. The third-order valence-electron chi connectivity index (χ3n) is 3.17. The van der Waals surface area contributed by atoms with Gasteiger partial charge in [0.05, 0.1) is 20.8 Å². The van der Waals surface area contributed by atoms with Crippen molar-refractivity contribution in [2.45, 2.75) is 6.54 Å². The van der Waals surface area contributed by atoms with Crippen molar-refractivity contribution < 1.29 is 14.3 Å². The van der Waals surface area contributed by atoms with Crippen LogP contribution < -0.4 is 14.8 Å². The molecule has 0 aliphatic carbocycles. The Morgan fingerprint density at radius 1 is 1.38 bits per heavy atom. The standard InChI is InChI=1S/C17H15BrN2O3S/c1-22-15-7-11(14(18)8-16(15)23-2)6-12(9-19)17(21)20-10-13-4-3-5-24-13/h3-8H,10H2,1-2H3,(H,20,21)/b12-6+. The van der Waals surface area contributed by atoms with Gasteiger partial charge in [-0.05, 0) is 35.2 Å². The van der Waals surface area contributed by atoms with E-state index in [1.54, 1.807) is 30.6 Å². The van der Waals surface area contributed by atoms with Crippen molar-refractivity contribution in [3.05, 3.63) is 50.1 Å². The smallest absolute Gasteiger partial charge is 0.262 e. The third-order valence-corrected chi connectivity index (χ3v) is 4.73. The summed E-state index contributed by atoms with van der Waals surface area (Å²) in [7, 11) is 3.07. The van der Waals surface area contributed by atoms with Crippen LogP contribution in [0, 0.1) is 11.3 Å². The Morgan fingerprint density at radius 2 is 2.08 bits per heavy atom. The molecule has 1 aromatic heterocycles. The SMILES string of the molecule is COc1cc(Br)c(/C=C(\C#N)C(=O)NCc2cccs2)cc1OC. The second kappa shape index (κ2) is 8.52. The van der Waals surface area contributed by atoms with Gasteiger partial charge in [-0.1, -0.05) is 22.0 Å². The zero-order valence-corrected chi connectivity index (χ0v) is 15.5. The van der Waals surface area contributed by atoms with Crippen LogP contribution in [-0.2, 0) is 11.3 Å². The van der Waals surface area contributed by atoms with Gasteiger partial charge in [0.2, 0.25) is 0 Å². The van der Waals surface area contributed by atoms with Crippen molar-refractivity contribution in [2.24, 2.45) is 0 Å². The van der Waals surface area contributed by atoms with E-state index in [9.17, 15) is 10.1 Å². The molecule has 0 saturated heterocycles. The lowest BCUT2D eigenvalue weighted by Gasteiger charge is -2.10. The van der Waals surface area contributed by atoms with E-state index in [2.05, 4.69) is 21.2 Å². The van der Waals surface area contributed by atoms with E-state index in [0.717, 1.165) is 4.88 Å². The van der Waals surface area contributed by atoms with Gasteiger partial charge in [0.15, 0.2) is 11.5 Å². The molecule has 2 rings (SSSR count). The summed E-state index contributed by atoms with van der Waals surface area (Å²) in [6.45, 7) is 0.391. The lowest BCUT2D eigenvalue weighted by Crippen LogP contribution is -2.23. The minimum Gasteiger partial charge on any atom is -0.493 e. The van der Waals surface area contributed by atoms with Gasteiger partial charge < -0.3 is 14.8 Å². The number of nitriles is 1. The van der Waals surface area contributed by atoms with Crippen LogP contribution in [0.25, 0.3) is 6.08 Å². The molecule has 0 atom stereocenters. The number of rotatable bonds is 6. The first-order valence-corrected chi connectivity index (χ1v) is 8.60. The van der Waals surface area contributed by atoms with Crippen molar-refractivity contribution >= 4 is 39.2 Å². The number of amides is 1. The van der Waals surface area contributed by atoms with E-state index in [4.69, 9.17) is 9.47 Å². The summed E-state index contributed by atoms with van der Waals surface area (Å²) < 4.78 is 11.2. The number of benzene rings is 1. The van der Waals surface area contributed by atoms with Crippen LogP contribution in [0.3, 0.4) is 0 Å². The molecule has 1 N–H and O–H groups in total. The predicted molar refractivity (Wildman–Crippen MR) is 97.0 cm³/mol. The monoisotopic (exact) mass is 406 g/mol. The zero-order valence-electron chi connectivity index (χ0n) is 13.1. The van der Waals surface area contributed by atoms with E-state index < -0.39 is 5.91 Å². The topological polar surface area (TPSA) is 71.3 Å². The Morgan fingerprint density at radius 3 is 2.67 bits per heavy atom. The Hall–Kier alpha value is -2.30. The quantitative estimate of drug-likeness (QED) is 0.585. The third kappa shape index (κ3) is 4.37. The fourth-order valence-corrected chi connectivity index (χ4v) is 3.04. The van der Waals surface area contributed by atoms with E-state index in [0.29, 0.717) is 28.1 Å². The Balaban J connectivity index is 2.23. The molecule has 5 nitrogen and oxygen atoms in total. The first-order valence-electron chi connectivity index (χ1n) is 6.93. The van der Waals surface area contributed by atoms with Crippen LogP contribution in [0.2, 0.25) is 0 Å². The average molecular weight is 407 g/mol. The molecule has 0 saturated carbocycles. The number of hydrogen-bond acceptors (Lipinski definition) is 5. The van der Waals surface area contributed by atoms with Gasteiger partial charge in [-0.2, -0.15) is 5.26 Å². The molecule has 0 aliphatic rings. The van der Waals surface area contributed by atoms with Gasteiger partial charge in [0.25, 0.3) is 5.91 Å². The van der Waals surface area contributed by atoms with Gasteiger partial charge >= 0.3 is 0 Å². The fourth-order valence-electron chi connectivity index (χ4n) is 1.96. The minimum absolute atomic E-state index is 0.0134. The highest BCUT2D eigenvalue weighted by molar-refractivity contribution is 9.10. The van der Waals surface area contributed by atoms with Gasteiger partial charge in [0, 0.05) is 9.35 Å². The maximum Gasteiger partial charge on any atom is 0.262 e. The number of nitrogens with zero attached hydrogens (tertiary/aromatic N) is 1. The van der Waals surface area contributed by atoms with Gasteiger partial charge in [0.1, 0.15) is 11.6 Å². The zero-order chi connectivity index (χ0) is 17.5. The Bertz CT molecular complexity index is 795. The second-order valence-corrected chi connectivity index (χ2v) is 6.55. The maximum absolute atomic E-state index is 12.2. The van der Waals surface area contributed by atoms with Crippen molar-refractivity contribution in [1.29, 1.82) is 5.26 Å². The lowest BCUT2D eigenvalue weighted by molar-refractivity contribution is -0.117. The largest absolute Gasteiger partial charge is 0.493 e. The Kier molecular flexibility index (Phi) is 6.41. The minimum atomic E-state index is -0.424. The molecule has 7 heteroatoms. The van der Waals surface area contributed by atoms with E-state index >= 15 is 0 Å². The van der Waals surface area contributed by atoms with Crippen molar-refractivity contribution in [2.75, 3.05) is 14.2 Å². The lowest BCUT2D eigenvalue weighted by atomic mass is 10.1. The van der Waals surface area contributed by atoms with Gasteiger partial charge in [-0.3, -0.25) is 4.79 Å². The Labute approximate surface area is 152 Å². The van der Waals surface area contributed by atoms with E-state index in [1.165, 1.54) is 13.2 Å². The molecule has 124 valence electrons. The summed E-state index contributed by atoms with van der Waals surface area (Å²) in [5, 5.41) is 14.0. The molecule has 0 fully saturated rings. The number of halogens is 1. The second-order valence-electron chi connectivity index (χ2n) is 4.66. The van der Waals surface area contributed by atoms with E-state index in [1.807, 2.05) is 23.6 Å². The van der Waals surface area contributed by atoms with Crippen molar-refractivity contribution in [3.63, 3.8) is 0 Å². The molecular weight excluding hydrogens is 392 g/mol. The summed E-state index contributed by atoms with van der Waals surface area (Å²) in [5.74, 6) is 0.651. The molecule has 2 aromatic rings. The number of nitrogens with one attached hydrogen (secondary N) is 1. The molecule has 1 aromatic carbocycles. The molecular formula is C17H15BrN2O3S. The van der Waals surface area contributed by atoms with Gasteiger partial charge in [-0.25, -0.2) is 0 Å². The maximum atomic E-state index is 12.2. The predicted octanol–water partition coefficient (Wildman–Crippen LogP) is 3.75. The van der Waals surface area contributed by atoms with E-state index in [-0.39, 0.29) is 5.57 Å². The first kappa shape index (κ1) is 18.0. The normalized spacial score (nSPS) is 10.8. The highest BCUT2D eigenvalue weighted by Gasteiger charge is 2.13. The number of ether oxygens (including phenoxy) is 2. The molecule has 0 radical (unpaired) electrons. The summed E-state index contributed by atoms with van der Waals surface area (Å²) in [6, 6.07) is 9.19. The highest BCUT2D eigenvalue weighted by atomic mass is 79.9. The molecule has 0 unspecified atom stereocenters. The molecule has 0 spiro atoms. The molecule has 24 heavy (non-hydrogen) atoms. The number of carbonyl (C=O) groups is 1. The summed E-state index contributed by atoms with van der Waals surface area (Å²) in [5.41, 5.74) is 0.662. The van der Waals surface area contributed by atoms with Gasteiger partial charge in [-0.15, -0.1) is 11.3 Å². The molecule has 0 aliphatic heterocycles. The van der Waals surface area contributed by atoms with Crippen molar-refractivity contribution in [3.8, 4) is 17.6 Å². The van der Waals surface area contributed by atoms with Crippen LogP contribution >= 0.6 is 27.3 Å². The van der Waals surface area contributed by atoms with Crippen LogP contribution in [0.5, 0.6) is 11.5 Å². The van der Waals surface area contributed by atoms with Crippen LogP contribution in [0.15, 0.2) is 39.7 Å². The number of thiophene rings is 1. The summed E-state index contributed by atoms with van der Waals surface area (Å²) in [4.78, 5) is 13.2. The number of methoxy groups -OCH3 is 2. The van der Waals surface area contributed by atoms with Crippen LogP contribution in [0.4, 0.5) is 0 Å². The fraction of sp³-hybridized carbons (Fsp3) is 0.176. The number of carbonyl (C=O) groups excluding carboxylic acids is 1. The summed E-state index contributed by atoms with van der Waals surface area (Å²) in [6.07, 6.45) is 1.51. The first-order chi connectivity index (χ1) is 11.6. The highest BCUT2D eigenvalue weighted by Crippen LogP contribution is 2.34. The molecule has 1 amide bonds. The number of hydrogen-bond donors (Lipinski definition) is 1. The molecule has 0 bridgehead atoms. The van der Waals surface area contributed by atoms with Crippen molar-refractivity contribution in [1.82, 2.24) is 5.32 Å².